The number of aryl methyl sites for hydroxylation is 1. The second-order valence-electron chi connectivity index (χ2n) is 4.44. The Balaban J connectivity index is 2.16. The Bertz CT molecular complexity index is 588. The summed E-state index contributed by atoms with van der Waals surface area (Å²) in [5.41, 5.74) is 3.74. The van der Waals surface area contributed by atoms with E-state index < -0.39 is 0 Å². The molecule has 2 aromatic carbocycles. The first-order chi connectivity index (χ1) is 9.10. The number of hydrogen-bond donors (Lipinski definition) is 1. The van der Waals surface area contributed by atoms with Gasteiger partial charge in [0.2, 0.25) is 0 Å². The van der Waals surface area contributed by atoms with Crippen molar-refractivity contribution < 1.29 is 9.53 Å². The number of ether oxygens (including phenoxy) is 1. The molecule has 0 heterocycles. The highest BCUT2D eigenvalue weighted by molar-refractivity contribution is 5.94. The Hall–Kier alpha value is -2.29. The first-order valence-electron chi connectivity index (χ1n) is 6.13. The minimum absolute atomic E-state index is 0.0758. The first kappa shape index (κ1) is 13.1. The highest BCUT2D eigenvalue weighted by Crippen LogP contribution is 2.24. The van der Waals surface area contributed by atoms with E-state index >= 15 is 0 Å². The summed E-state index contributed by atoms with van der Waals surface area (Å²) >= 11 is 0. The van der Waals surface area contributed by atoms with Crippen molar-refractivity contribution in [1.82, 2.24) is 0 Å². The number of ketones is 1. The van der Waals surface area contributed by atoms with E-state index in [-0.39, 0.29) is 5.78 Å². The van der Waals surface area contributed by atoms with Crippen molar-refractivity contribution in [2.24, 2.45) is 0 Å². The third kappa shape index (κ3) is 3.13. The maximum absolute atomic E-state index is 11.2. The fourth-order valence-corrected chi connectivity index (χ4v) is 1.91. The van der Waals surface area contributed by atoms with Gasteiger partial charge in [-0.25, -0.2) is 0 Å². The predicted octanol–water partition coefficient (Wildman–Crippen LogP) is 3.95. The van der Waals surface area contributed by atoms with E-state index in [9.17, 15) is 4.79 Å². The standard InChI is InChI=1S/C16H17NO2/c1-11-10-15(8-9-16(11)19-3)17-14-6-4-13(5-7-14)12(2)18/h4-10,17H,1-3H3. The van der Waals surface area contributed by atoms with Crippen LogP contribution in [0.4, 0.5) is 11.4 Å². The van der Waals surface area contributed by atoms with Crippen molar-refractivity contribution in [1.29, 1.82) is 0 Å². The van der Waals surface area contributed by atoms with Crippen molar-refractivity contribution in [3.8, 4) is 5.75 Å². The van der Waals surface area contributed by atoms with E-state index in [4.69, 9.17) is 4.74 Å². The Labute approximate surface area is 113 Å². The lowest BCUT2D eigenvalue weighted by molar-refractivity contribution is 0.101. The minimum atomic E-state index is 0.0758. The summed E-state index contributed by atoms with van der Waals surface area (Å²) in [4.78, 5) is 11.2. The third-order valence-corrected chi connectivity index (χ3v) is 2.97. The Morgan fingerprint density at radius 2 is 1.68 bits per heavy atom. The van der Waals surface area contributed by atoms with E-state index in [2.05, 4.69) is 5.32 Å². The van der Waals surface area contributed by atoms with Crippen LogP contribution in [0.2, 0.25) is 0 Å². The van der Waals surface area contributed by atoms with Crippen molar-refractivity contribution in [2.75, 3.05) is 12.4 Å². The molecule has 0 aliphatic rings. The monoisotopic (exact) mass is 255 g/mol. The smallest absolute Gasteiger partial charge is 0.159 e. The van der Waals surface area contributed by atoms with Crippen LogP contribution in [0.25, 0.3) is 0 Å². The van der Waals surface area contributed by atoms with Crippen LogP contribution in [0.1, 0.15) is 22.8 Å². The summed E-state index contributed by atoms with van der Waals surface area (Å²) in [6.45, 7) is 3.57. The maximum Gasteiger partial charge on any atom is 0.159 e. The highest BCUT2D eigenvalue weighted by atomic mass is 16.5. The van der Waals surface area contributed by atoms with Gasteiger partial charge in [-0.05, 0) is 61.9 Å². The zero-order valence-corrected chi connectivity index (χ0v) is 11.4. The lowest BCUT2D eigenvalue weighted by atomic mass is 10.1. The molecule has 0 unspecified atom stereocenters. The number of hydrogen-bond acceptors (Lipinski definition) is 3. The van der Waals surface area contributed by atoms with E-state index in [0.29, 0.717) is 0 Å². The van der Waals surface area contributed by atoms with Gasteiger partial charge < -0.3 is 10.1 Å². The van der Waals surface area contributed by atoms with Gasteiger partial charge in [-0.1, -0.05) is 0 Å². The van der Waals surface area contributed by atoms with Crippen LogP contribution < -0.4 is 10.1 Å². The van der Waals surface area contributed by atoms with Gasteiger partial charge in [0, 0.05) is 16.9 Å². The molecular formula is C16H17NO2. The molecule has 0 atom stereocenters. The number of carbonyl (C=O) groups is 1. The van der Waals surface area contributed by atoms with Crippen LogP contribution in [0, 0.1) is 6.92 Å². The molecule has 2 aromatic rings. The van der Waals surface area contributed by atoms with Crippen LogP contribution in [0.5, 0.6) is 5.75 Å². The average Bonchev–Trinajstić information content (AvgIpc) is 2.39. The molecular weight excluding hydrogens is 238 g/mol. The first-order valence-corrected chi connectivity index (χ1v) is 6.13. The largest absolute Gasteiger partial charge is 0.496 e. The molecule has 0 saturated heterocycles. The molecule has 0 aromatic heterocycles. The van der Waals surface area contributed by atoms with Gasteiger partial charge >= 0.3 is 0 Å². The molecule has 1 N–H and O–H groups in total. The molecule has 0 saturated carbocycles. The fraction of sp³-hybridized carbons (Fsp3) is 0.188. The number of methoxy groups -OCH3 is 1. The van der Waals surface area contributed by atoms with Crippen LogP contribution in [-0.4, -0.2) is 12.9 Å². The van der Waals surface area contributed by atoms with Crippen LogP contribution in [0.15, 0.2) is 42.5 Å². The summed E-state index contributed by atoms with van der Waals surface area (Å²) in [7, 11) is 1.66. The highest BCUT2D eigenvalue weighted by Gasteiger charge is 2.02. The van der Waals surface area contributed by atoms with Gasteiger partial charge in [0.05, 0.1) is 7.11 Å². The summed E-state index contributed by atoms with van der Waals surface area (Å²) in [6, 6.07) is 13.4. The van der Waals surface area contributed by atoms with Gasteiger partial charge in [0.1, 0.15) is 5.75 Å². The van der Waals surface area contributed by atoms with Crippen molar-refractivity contribution in [3.63, 3.8) is 0 Å². The molecule has 2 rings (SSSR count). The Morgan fingerprint density at radius 3 is 2.21 bits per heavy atom. The zero-order valence-electron chi connectivity index (χ0n) is 11.4. The lowest BCUT2D eigenvalue weighted by Crippen LogP contribution is -1.95. The molecule has 0 aliphatic carbocycles. The van der Waals surface area contributed by atoms with Crippen LogP contribution in [-0.2, 0) is 0 Å². The molecule has 0 bridgehead atoms. The maximum atomic E-state index is 11.2. The Morgan fingerprint density at radius 1 is 1.05 bits per heavy atom. The molecule has 0 aliphatic heterocycles. The van der Waals surface area contributed by atoms with E-state index in [1.807, 2.05) is 49.4 Å². The number of anilines is 2. The van der Waals surface area contributed by atoms with Gasteiger partial charge in [-0.2, -0.15) is 0 Å². The number of nitrogens with one attached hydrogen (secondary N) is 1. The van der Waals surface area contributed by atoms with Gasteiger partial charge in [0.25, 0.3) is 0 Å². The number of Topliss-reactive ketones (excluding diaryl/α,β-unsaturated/α-hetero) is 1. The van der Waals surface area contributed by atoms with Gasteiger partial charge in [-0.15, -0.1) is 0 Å². The summed E-state index contributed by atoms with van der Waals surface area (Å²) in [5.74, 6) is 0.948. The van der Waals surface area contributed by atoms with Gasteiger partial charge in [0.15, 0.2) is 5.78 Å². The van der Waals surface area contributed by atoms with Gasteiger partial charge in [-0.3, -0.25) is 4.79 Å². The van der Waals surface area contributed by atoms with Crippen LogP contribution >= 0.6 is 0 Å². The number of rotatable bonds is 4. The Kier molecular flexibility index (Phi) is 3.85. The fourth-order valence-electron chi connectivity index (χ4n) is 1.91. The SMILES string of the molecule is COc1ccc(Nc2ccc(C(C)=O)cc2)cc1C. The number of carbonyl (C=O) groups excluding carboxylic acids is 1. The molecule has 19 heavy (non-hydrogen) atoms. The quantitative estimate of drug-likeness (QED) is 0.841. The second kappa shape index (κ2) is 5.57. The van der Waals surface area contributed by atoms with Crippen molar-refractivity contribution in [2.45, 2.75) is 13.8 Å². The molecule has 0 amide bonds. The molecule has 0 radical (unpaired) electrons. The minimum Gasteiger partial charge on any atom is -0.496 e. The van der Waals surface area contributed by atoms with E-state index in [0.717, 1.165) is 28.3 Å². The lowest BCUT2D eigenvalue weighted by Gasteiger charge is -2.10. The third-order valence-electron chi connectivity index (χ3n) is 2.97. The molecule has 3 nitrogen and oxygen atoms in total. The van der Waals surface area contributed by atoms with Crippen molar-refractivity contribution in [3.05, 3.63) is 53.6 Å². The van der Waals surface area contributed by atoms with Crippen molar-refractivity contribution >= 4 is 17.2 Å². The molecule has 0 fully saturated rings. The average molecular weight is 255 g/mol. The topological polar surface area (TPSA) is 38.3 Å². The number of benzene rings is 2. The predicted molar refractivity (Wildman–Crippen MR) is 77.5 cm³/mol. The molecule has 98 valence electrons. The molecule has 3 heteroatoms. The van der Waals surface area contributed by atoms with E-state index in [1.165, 1.54) is 0 Å². The summed E-state index contributed by atoms with van der Waals surface area (Å²) in [5, 5.41) is 3.30. The van der Waals surface area contributed by atoms with Crippen LogP contribution in [0.3, 0.4) is 0 Å². The molecule has 0 spiro atoms. The summed E-state index contributed by atoms with van der Waals surface area (Å²) < 4.78 is 5.23. The zero-order chi connectivity index (χ0) is 13.8. The second-order valence-corrected chi connectivity index (χ2v) is 4.44. The normalized spacial score (nSPS) is 10.1. The summed E-state index contributed by atoms with van der Waals surface area (Å²) in [6.07, 6.45) is 0. The van der Waals surface area contributed by atoms with E-state index in [1.54, 1.807) is 14.0 Å².